The third-order valence-corrected chi connectivity index (χ3v) is 2.69. The Labute approximate surface area is 94.0 Å². The summed E-state index contributed by atoms with van der Waals surface area (Å²) in [6.07, 6.45) is 0.523. The number of nitriles is 2. The summed E-state index contributed by atoms with van der Waals surface area (Å²) >= 11 is 0. The number of hydrogen-bond acceptors (Lipinski definition) is 4. The highest BCUT2D eigenvalue weighted by Gasteiger charge is 2.44. The van der Waals surface area contributed by atoms with Crippen molar-refractivity contribution in [2.75, 3.05) is 0 Å². The van der Waals surface area contributed by atoms with Crippen molar-refractivity contribution in [3.63, 3.8) is 0 Å². The van der Waals surface area contributed by atoms with E-state index in [0.717, 1.165) is 0 Å². The Hall–Kier alpha value is -1.88. The van der Waals surface area contributed by atoms with E-state index in [-0.39, 0.29) is 5.92 Å². The van der Waals surface area contributed by atoms with E-state index in [2.05, 4.69) is 5.32 Å². The van der Waals surface area contributed by atoms with Gasteiger partial charge in [0, 0.05) is 5.92 Å². The minimum Gasteiger partial charge on any atom is -0.294 e. The van der Waals surface area contributed by atoms with Crippen molar-refractivity contribution in [3.05, 3.63) is 0 Å². The van der Waals surface area contributed by atoms with Gasteiger partial charge in [-0.15, -0.1) is 0 Å². The average molecular weight is 219 g/mol. The number of carbonyl (C=O) groups is 2. The summed E-state index contributed by atoms with van der Waals surface area (Å²) in [6, 6.07) is 3.76. The van der Waals surface area contributed by atoms with Crippen LogP contribution in [0.5, 0.6) is 0 Å². The van der Waals surface area contributed by atoms with Crippen molar-refractivity contribution in [3.8, 4) is 12.1 Å². The molecule has 0 radical (unpaired) electrons. The molecule has 1 fully saturated rings. The number of imide groups is 1. The molecule has 1 aliphatic heterocycles. The molecule has 0 spiro atoms. The maximum Gasteiger partial charge on any atom is 0.244 e. The molecule has 0 bridgehead atoms. The standard InChI is InChI=1S/C11H13N3O2/c1-6(2)3-7-8(4-12)10(15)14-11(16)9(7)5-13/h6-9H,3H2,1-2H3,(H,14,15,16). The maximum absolute atomic E-state index is 11.4. The first-order valence-electron chi connectivity index (χ1n) is 5.15. The van der Waals surface area contributed by atoms with Gasteiger partial charge in [0.25, 0.3) is 0 Å². The molecule has 1 N–H and O–H groups in total. The molecule has 0 aliphatic carbocycles. The summed E-state index contributed by atoms with van der Waals surface area (Å²) in [4.78, 5) is 22.9. The third kappa shape index (κ3) is 2.20. The molecule has 1 saturated heterocycles. The second-order valence-corrected chi connectivity index (χ2v) is 4.36. The van der Waals surface area contributed by atoms with E-state index in [1.54, 1.807) is 0 Å². The van der Waals surface area contributed by atoms with Crippen molar-refractivity contribution < 1.29 is 9.59 Å². The van der Waals surface area contributed by atoms with Crippen molar-refractivity contribution in [2.24, 2.45) is 23.7 Å². The van der Waals surface area contributed by atoms with Crippen LogP contribution in [0.3, 0.4) is 0 Å². The first-order valence-corrected chi connectivity index (χ1v) is 5.15. The molecule has 0 saturated carbocycles. The van der Waals surface area contributed by atoms with E-state index in [1.807, 2.05) is 26.0 Å². The molecule has 5 nitrogen and oxygen atoms in total. The first-order chi connectivity index (χ1) is 7.51. The minimum absolute atomic E-state index is 0.232. The number of carbonyl (C=O) groups excluding carboxylic acids is 2. The molecule has 84 valence electrons. The number of nitrogens with zero attached hydrogens (tertiary/aromatic N) is 2. The van der Waals surface area contributed by atoms with Crippen LogP contribution in [0.1, 0.15) is 20.3 Å². The molecule has 2 atom stereocenters. The summed E-state index contributed by atoms with van der Waals surface area (Å²) in [6.45, 7) is 3.86. The number of hydrogen-bond donors (Lipinski definition) is 1. The fourth-order valence-corrected chi connectivity index (χ4v) is 1.98. The number of rotatable bonds is 2. The van der Waals surface area contributed by atoms with E-state index < -0.39 is 29.6 Å². The van der Waals surface area contributed by atoms with Gasteiger partial charge in [0.05, 0.1) is 12.1 Å². The second kappa shape index (κ2) is 4.76. The summed E-state index contributed by atoms with van der Waals surface area (Å²) in [5.74, 6) is -3.21. The molecule has 1 rings (SSSR count). The zero-order valence-corrected chi connectivity index (χ0v) is 9.23. The van der Waals surface area contributed by atoms with Gasteiger partial charge in [-0.3, -0.25) is 14.9 Å². The predicted octanol–water partition coefficient (Wildman–Crippen LogP) is 0.585. The SMILES string of the molecule is CC(C)CC1C(C#N)C(=O)NC(=O)C1C#N. The monoisotopic (exact) mass is 219 g/mol. The highest BCUT2D eigenvalue weighted by Crippen LogP contribution is 2.31. The van der Waals surface area contributed by atoms with Crippen LogP contribution in [-0.4, -0.2) is 11.8 Å². The van der Waals surface area contributed by atoms with Gasteiger partial charge in [-0.1, -0.05) is 13.8 Å². The van der Waals surface area contributed by atoms with Crippen LogP contribution in [-0.2, 0) is 9.59 Å². The van der Waals surface area contributed by atoms with Crippen LogP contribution in [0.25, 0.3) is 0 Å². The Kier molecular flexibility index (Phi) is 3.63. The Morgan fingerprint density at radius 3 is 1.94 bits per heavy atom. The lowest BCUT2D eigenvalue weighted by molar-refractivity contribution is -0.140. The lowest BCUT2D eigenvalue weighted by Crippen LogP contribution is -2.51. The Bertz CT molecular complexity index is 357. The molecule has 0 aromatic heterocycles. The van der Waals surface area contributed by atoms with E-state index in [9.17, 15) is 9.59 Å². The lowest BCUT2D eigenvalue weighted by Gasteiger charge is -2.30. The van der Waals surface area contributed by atoms with Gasteiger partial charge in [0.15, 0.2) is 0 Å². The van der Waals surface area contributed by atoms with E-state index in [4.69, 9.17) is 10.5 Å². The number of amides is 2. The number of piperidine rings is 1. The van der Waals surface area contributed by atoms with Crippen LogP contribution >= 0.6 is 0 Å². The average Bonchev–Trinajstić information content (AvgIpc) is 2.17. The minimum atomic E-state index is -0.898. The Morgan fingerprint density at radius 2 is 1.62 bits per heavy atom. The molecule has 2 unspecified atom stereocenters. The van der Waals surface area contributed by atoms with Gasteiger partial charge in [-0.2, -0.15) is 10.5 Å². The van der Waals surface area contributed by atoms with Gasteiger partial charge in [0.2, 0.25) is 11.8 Å². The topological polar surface area (TPSA) is 93.8 Å². The van der Waals surface area contributed by atoms with Crippen molar-refractivity contribution in [2.45, 2.75) is 20.3 Å². The van der Waals surface area contributed by atoms with Crippen LogP contribution in [0, 0.1) is 46.3 Å². The molecule has 2 amide bonds. The quantitative estimate of drug-likeness (QED) is 0.687. The van der Waals surface area contributed by atoms with Crippen molar-refractivity contribution >= 4 is 11.8 Å². The fraction of sp³-hybridized carbons (Fsp3) is 0.636. The molecular weight excluding hydrogens is 206 g/mol. The van der Waals surface area contributed by atoms with Crippen LogP contribution < -0.4 is 5.32 Å². The molecular formula is C11H13N3O2. The molecule has 0 aromatic rings. The van der Waals surface area contributed by atoms with Crippen molar-refractivity contribution in [1.82, 2.24) is 5.32 Å². The zero-order valence-electron chi connectivity index (χ0n) is 9.23. The number of nitrogens with one attached hydrogen (secondary N) is 1. The Balaban J connectivity index is 3.01. The predicted molar refractivity (Wildman–Crippen MR) is 54.3 cm³/mol. The summed E-state index contributed by atoms with van der Waals surface area (Å²) in [7, 11) is 0. The van der Waals surface area contributed by atoms with Gasteiger partial charge >= 0.3 is 0 Å². The van der Waals surface area contributed by atoms with E-state index >= 15 is 0 Å². The van der Waals surface area contributed by atoms with Crippen LogP contribution in [0.2, 0.25) is 0 Å². The van der Waals surface area contributed by atoms with Crippen molar-refractivity contribution in [1.29, 1.82) is 10.5 Å². The largest absolute Gasteiger partial charge is 0.294 e. The first kappa shape index (κ1) is 12.2. The van der Waals surface area contributed by atoms with Crippen LogP contribution in [0.4, 0.5) is 0 Å². The van der Waals surface area contributed by atoms with Crippen LogP contribution in [0.15, 0.2) is 0 Å². The molecule has 1 heterocycles. The highest BCUT2D eigenvalue weighted by molar-refractivity contribution is 6.02. The smallest absolute Gasteiger partial charge is 0.244 e. The van der Waals surface area contributed by atoms with E-state index in [0.29, 0.717) is 6.42 Å². The summed E-state index contributed by atoms with van der Waals surface area (Å²) < 4.78 is 0. The Morgan fingerprint density at radius 1 is 1.19 bits per heavy atom. The van der Waals surface area contributed by atoms with Gasteiger partial charge in [0.1, 0.15) is 11.8 Å². The lowest BCUT2D eigenvalue weighted by atomic mass is 9.74. The van der Waals surface area contributed by atoms with Gasteiger partial charge in [-0.05, 0) is 12.3 Å². The normalized spacial score (nSPS) is 29.4. The van der Waals surface area contributed by atoms with Gasteiger partial charge < -0.3 is 0 Å². The molecule has 1 aliphatic rings. The summed E-state index contributed by atoms with van der Waals surface area (Å²) in [5.41, 5.74) is 0. The molecule has 5 heteroatoms. The maximum atomic E-state index is 11.4. The third-order valence-electron chi connectivity index (χ3n) is 2.69. The fourth-order valence-electron chi connectivity index (χ4n) is 1.98. The molecule has 0 aromatic carbocycles. The molecule has 16 heavy (non-hydrogen) atoms. The summed E-state index contributed by atoms with van der Waals surface area (Å²) in [5, 5.41) is 19.9. The second-order valence-electron chi connectivity index (χ2n) is 4.36. The van der Waals surface area contributed by atoms with Gasteiger partial charge in [-0.25, -0.2) is 0 Å². The van der Waals surface area contributed by atoms with E-state index in [1.165, 1.54) is 0 Å². The highest BCUT2D eigenvalue weighted by atomic mass is 16.2. The zero-order chi connectivity index (χ0) is 12.3.